The molecule has 0 spiro atoms. The quantitative estimate of drug-likeness (QED) is 0.391. The first-order valence-electron chi connectivity index (χ1n) is 13.1. The number of likely N-dealkylation sites (N-methyl/N-ethyl adjacent to an activating group) is 1. The van der Waals surface area contributed by atoms with Gasteiger partial charge in [-0.15, -0.1) is 0 Å². The average Bonchev–Trinajstić information content (AvgIpc) is 3.54. The molecule has 0 saturated carbocycles. The van der Waals surface area contributed by atoms with Crippen LogP contribution in [0.25, 0.3) is 5.69 Å². The summed E-state index contributed by atoms with van der Waals surface area (Å²) in [7, 11) is 1.32. The third-order valence-corrected chi connectivity index (χ3v) is 6.45. The minimum atomic E-state index is -4.62. The van der Waals surface area contributed by atoms with Crippen LogP contribution in [0, 0.1) is 0 Å². The number of hydrogen-bond acceptors (Lipinski definition) is 6. The fraction of sp³-hybridized carbons (Fsp3) is 0.379. The highest BCUT2D eigenvalue weighted by atomic mass is 19.4. The SMILES string of the molecule is CN(C(=O)OC(C)(C)C)[C@H](CC(=O)O)C(=O)N1CCc2cc(OCc3cc(C(F)(F)F)n(-c4ccccc4)n3)ccc21. The summed E-state index contributed by atoms with van der Waals surface area (Å²) in [5.74, 6) is -1.47. The number of carbonyl (C=O) groups excluding carboxylic acids is 2. The molecule has 42 heavy (non-hydrogen) atoms. The Bertz CT molecular complexity index is 1470. The predicted molar refractivity (Wildman–Crippen MR) is 145 cm³/mol. The summed E-state index contributed by atoms with van der Waals surface area (Å²) in [6.07, 6.45) is -5.64. The first-order valence-corrected chi connectivity index (χ1v) is 13.1. The van der Waals surface area contributed by atoms with Gasteiger partial charge in [-0.2, -0.15) is 18.3 Å². The highest BCUT2D eigenvalue weighted by Crippen LogP contribution is 2.34. The second-order valence-corrected chi connectivity index (χ2v) is 10.8. The molecule has 1 N–H and O–H groups in total. The van der Waals surface area contributed by atoms with E-state index in [1.807, 2.05) is 0 Å². The Morgan fingerprint density at radius 2 is 1.76 bits per heavy atom. The van der Waals surface area contributed by atoms with Gasteiger partial charge in [-0.1, -0.05) is 18.2 Å². The van der Waals surface area contributed by atoms with Crippen molar-refractivity contribution in [1.82, 2.24) is 14.7 Å². The standard InChI is InChI=1S/C29H31F3N4O6/c1-28(2,3)42-27(40)34(4)23(16-25(37)38)26(39)35-13-12-18-14-21(10-11-22(18)35)41-17-19-15-24(29(30,31)32)36(33-19)20-8-6-5-7-9-20/h5-11,14-15,23H,12-13,16-17H2,1-4H3,(H,37,38)/t23-/m1/s1. The number of anilines is 1. The first-order chi connectivity index (χ1) is 19.6. The number of benzene rings is 2. The van der Waals surface area contributed by atoms with Crippen LogP contribution in [0.15, 0.2) is 54.6 Å². The van der Waals surface area contributed by atoms with Gasteiger partial charge >= 0.3 is 18.2 Å². The van der Waals surface area contributed by atoms with Crippen LogP contribution in [-0.2, 0) is 33.5 Å². The molecule has 1 aliphatic rings. The van der Waals surface area contributed by atoms with Gasteiger partial charge in [0.2, 0.25) is 0 Å². The van der Waals surface area contributed by atoms with E-state index < -0.39 is 47.9 Å². The Balaban J connectivity index is 1.50. The normalized spacial score (nSPS) is 13.8. The average molecular weight is 589 g/mol. The predicted octanol–water partition coefficient (Wildman–Crippen LogP) is 5.07. The lowest BCUT2D eigenvalue weighted by atomic mass is 10.1. The second kappa shape index (κ2) is 11.7. The zero-order valence-electron chi connectivity index (χ0n) is 23.5. The molecule has 0 fully saturated rings. The summed E-state index contributed by atoms with van der Waals surface area (Å²) in [6, 6.07) is 12.4. The van der Waals surface area contributed by atoms with Gasteiger partial charge in [0.05, 0.1) is 12.1 Å². The van der Waals surface area contributed by atoms with E-state index in [9.17, 15) is 32.7 Å². The summed E-state index contributed by atoms with van der Waals surface area (Å²) >= 11 is 0. The summed E-state index contributed by atoms with van der Waals surface area (Å²) in [5, 5.41) is 13.5. The number of aliphatic carboxylic acids is 1. The van der Waals surface area contributed by atoms with Gasteiger partial charge in [-0.05, 0) is 69.2 Å². The molecule has 10 nitrogen and oxygen atoms in total. The van der Waals surface area contributed by atoms with E-state index in [1.165, 1.54) is 24.1 Å². The summed E-state index contributed by atoms with van der Waals surface area (Å²) in [4.78, 5) is 40.0. The number of fused-ring (bicyclic) bond motifs is 1. The fourth-order valence-electron chi connectivity index (χ4n) is 4.52. The number of hydrogen-bond donors (Lipinski definition) is 1. The van der Waals surface area contributed by atoms with E-state index in [4.69, 9.17) is 9.47 Å². The highest BCUT2D eigenvalue weighted by molar-refractivity contribution is 6.01. The molecule has 1 aliphatic heterocycles. The summed E-state index contributed by atoms with van der Waals surface area (Å²) in [6.45, 7) is 4.99. The Morgan fingerprint density at radius 1 is 1.07 bits per heavy atom. The first kappa shape index (κ1) is 30.4. The van der Waals surface area contributed by atoms with Gasteiger partial charge in [0, 0.05) is 19.3 Å². The number of aromatic nitrogens is 2. The molecule has 4 rings (SSSR count). The maximum absolute atomic E-state index is 13.7. The van der Waals surface area contributed by atoms with Gasteiger partial charge in [0.25, 0.3) is 5.91 Å². The van der Waals surface area contributed by atoms with Crippen LogP contribution in [-0.4, -0.2) is 63.0 Å². The van der Waals surface area contributed by atoms with Gasteiger partial charge in [0.1, 0.15) is 35.4 Å². The minimum Gasteiger partial charge on any atom is -0.487 e. The Morgan fingerprint density at radius 3 is 2.38 bits per heavy atom. The molecule has 0 saturated heterocycles. The number of amides is 2. The largest absolute Gasteiger partial charge is 0.487 e. The van der Waals surface area contributed by atoms with Gasteiger partial charge in [0.15, 0.2) is 0 Å². The number of para-hydroxylation sites is 1. The van der Waals surface area contributed by atoms with Crippen molar-refractivity contribution in [2.75, 3.05) is 18.5 Å². The Hall–Kier alpha value is -4.55. The van der Waals surface area contributed by atoms with Crippen molar-refractivity contribution in [3.05, 3.63) is 71.5 Å². The maximum Gasteiger partial charge on any atom is 0.433 e. The molecular weight excluding hydrogens is 557 g/mol. The molecule has 224 valence electrons. The van der Waals surface area contributed by atoms with Crippen LogP contribution in [0.4, 0.5) is 23.7 Å². The number of carboxylic acid groups (broad SMARTS) is 1. The minimum absolute atomic E-state index is 0.0742. The molecule has 0 radical (unpaired) electrons. The molecule has 3 aromatic rings. The monoisotopic (exact) mass is 588 g/mol. The third-order valence-electron chi connectivity index (χ3n) is 6.45. The molecule has 2 amide bonds. The molecule has 1 aromatic heterocycles. The maximum atomic E-state index is 13.7. The van der Waals surface area contributed by atoms with E-state index in [1.54, 1.807) is 57.2 Å². The third kappa shape index (κ3) is 7.01. The van der Waals surface area contributed by atoms with E-state index in [0.29, 0.717) is 17.9 Å². The number of nitrogens with zero attached hydrogens (tertiary/aromatic N) is 4. The van der Waals surface area contributed by atoms with E-state index in [-0.39, 0.29) is 24.5 Å². The van der Waals surface area contributed by atoms with Gasteiger partial charge in [-0.3, -0.25) is 14.5 Å². The number of carbonyl (C=O) groups is 3. The number of carboxylic acids is 1. The van der Waals surface area contributed by atoms with E-state index in [2.05, 4.69) is 5.10 Å². The lowest BCUT2D eigenvalue weighted by molar-refractivity contribution is -0.143. The van der Waals surface area contributed by atoms with E-state index in [0.717, 1.165) is 21.2 Å². The number of ether oxygens (including phenoxy) is 2. The van der Waals surface area contributed by atoms with Gasteiger partial charge < -0.3 is 19.5 Å². The fourth-order valence-corrected chi connectivity index (χ4v) is 4.52. The molecule has 2 aromatic carbocycles. The van der Waals surface area contributed by atoms with Crippen LogP contribution >= 0.6 is 0 Å². The number of alkyl halides is 3. The molecule has 0 bridgehead atoms. The number of halogens is 3. The summed E-state index contributed by atoms with van der Waals surface area (Å²) in [5.41, 5.74) is -0.189. The van der Waals surface area contributed by atoms with Crippen LogP contribution in [0.1, 0.15) is 44.1 Å². The zero-order chi connectivity index (χ0) is 30.8. The Kier molecular flexibility index (Phi) is 8.50. The Labute approximate surface area is 240 Å². The molecular formula is C29H31F3N4O6. The smallest absolute Gasteiger partial charge is 0.433 e. The molecule has 0 unspecified atom stereocenters. The van der Waals surface area contributed by atoms with Crippen molar-refractivity contribution < 1.29 is 42.1 Å². The summed E-state index contributed by atoms with van der Waals surface area (Å²) < 4.78 is 52.9. The second-order valence-electron chi connectivity index (χ2n) is 10.8. The van der Waals surface area contributed by atoms with Crippen molar-refractivity contribution in [3.8, 4) is 11.4 Å². The number of rotatable bonds is 8. The van der Waals surface area contributed by atoms with Crippen LogP contribution in [0.5, 0.6) is 5.75 Å². The molecule has 0 aliphatic carbocycles. The van der Waals surface area contributed by atoms with Crippen molar-refractivity contribution in [2.45, 2.75) is 58.0 Å². The van der Waals surface area contributed by atoms with Crippen LogP contribution in [0.2, 0.25) is 0 Å². The van der Waals surface area contributed by atoms with Crippen molar-refractivity contribution in [3.63, 3.8) is 0 Å². The van der Waals surface area contributed by atoms with Crippen LogP contribution < -0.4 is 9.64 Å². The molecule has 1 atom stereocenters. The topological polar surface area (TPSA) is 114 Å². The van der Waals surface area contributed by atoms with E-state index >= 15 is 0 Å². The zero-order valence-corrected chi connectivity index (χ0v) is 23.5. The highest BCUT2D eigenvalue weighted by Gasteiger charge is 2.38. The van der Waals surface area contributed by atoms with Crippen molar-refractivity contribution >= 4 is 23.7 Å². The molecule has 13 heteroatoms. The van der Waals surface area contributed by atoms with Crippen molar-refractivity contribution in [1.29, 1.82) is 0 Å². The van der Waals surface area contributed by atoms with Crippen molar-refractivity contribution in [2.24, 2.45) is 0 Å². The van der Waals surface area contributed by atoms with Crippen LogP contribution in [0.3, 0.4) is 0 Å². The lowest BCUT2D eigenvalue weighted by Gasteiger charge is -2.31. The lowest BCUT2D eigenvalue weighted by Crippen LogP contribution is -2.51. The van der Waals surface area contributed by atoms with Gasteiger partial charge in [-0.25, -0.2) is 9.48 Å². The molecule has 2 heterocycles.